The number of halogens is 1. The van der Waals surface area contributed by atoms with Crippen LogP contribution in [-0.4, -0.2) is 0 Å². The van der Waals surface area contributed by atoms with Gasteiger partial charge in [-0.05, 0) is 29.3 Å². The normalized spacial score (nSPS) is 11.2. The van der Waals surface area contributed by atoms with Crippen LogP contribution in [0, 0.1) is 0 Å². The standard InChI is InChI=1S/C18H11BrS/c19-16-11-18-15(13-8-4-5-9-17(13)20-18)10-14(16)12-6-2-1-3-7-12/h1-11H. The van der Waals surface area contributed by atoms with E-state index in [-0.39, 0.29) is 0 Å². The van der Waals surface area contributed by atoms with Crippen LogP contribution in [-0.2, 0) is 0 Å². The van der Waals surface area contributed by atoms with Crippen LogP contribution in [0.5, 0.6) is 0 Å². The van der Waals surface area contributed by atoms with E-state index in [1.807, 2.05) is 11.3 Å². The molecule has 4 rings (SSSR count). The lowest BCUT2D eigenvalue weighted by molar-refractivity contribution is 1.63. The summed E-state index contributed by atoms with van der Waals surface area (Å²) >= 11 is 5.57. The molecule has 0 nitrogen and oxygen atoms in total. The van der Waals surface area contributed by atoms with Gasteiger partial charge in [-0.1, -0.05) is 64.5 Å². The molecule has 96 valence electrons. The van der Waals surface area contributed by atoms with E-state index in [4.69, 9.17) is 0 Å². The number of fused-ring (bicyclic) bond motifs is 3. The summed E-state index contributed by atoms with van der Waals surface area (Å²) in [5, 5.41) is 2.69. The Morgan fingerprint density at radius 3 is 2.30 bits per heavy atom. The first-order valence-electron chi connectivity index (χ1n) is 6.49. The fraction of sp³-hybridized carbons (Fsp3) is 0. The van der Waals surface area contributed by atoms with Gasteiger partial charge < -0.3 is 0 Å². The Hall–Kier alpha value is -1.64. The molecular formula is C18H11BrS. The summed E-state index contributed by atoms with van der Waals surface area (Å²) in [6.45, 7) is 0. The summed E-state index contributed by atoms with van der Waals surface area (Å²) in [4.78, 5) is 0. The van der Waals surface area contributed by atoms with E-state index in [2.05, 4.69) is 82.7 Å². The molecule has 0 aliphatic rings. The molecule has 2 heteroatoms. The Kier molecular flexibility index (Phi) is 2.86. The van der Waals surface area contributed by atoms with Gasteiger partial charge in [0.15, 0.2) is 0 Å². The molecule has 0 aliphatic heterocycles. The van der Waals surface area contributed by atoms with Crippen molar-refractivity contribution in [2.75, 3.05) is 0 Å². The highest BCUT2D eigenvalue weighted by Crippen LogP contribution is 2.39. The van der Waals surface area contributed by atoms with Gasteiger partial charge in [0.1, 0.15) is 0 Å². The van der Waals surface area contributed by atoms with Crippen molar-refractivity contribution in [1.29, 1.82) is 0 Å². The first-order chi connectivity index (χ1) is 9.83. The van der Waals surface area contributed by atoms with Crippen molar-refractivity contribution in [3.63, 3.8) is 0 Å². The summed E-state index contributed by atoms with van der Waals surface area (Å²) in [6, 6.07) is 23.7. The van der Waals surface area contributed by atoms with Crippen LogP contribution in [0.15, 0.2) is 71.2 Å². The average molecular weight is 339 g/mol. The van der Waals surface area contributed by atoms with Crippen LogP contribution in [0.25, 0.3) is 31.3 Å². The van der Waals surface area contributed by atoms with Crippen molar-refractivity contribution in [3.05, 3.63) is 71.2 Å². The maximum atomic E-state index is 3.72. The zero-order valence-corrected chi connectivity index (χ0v) is 13.0. The van der Waals surface area contributed by atoms with Gasteiger partial charge in [0, 0.05) is 24.6 Å². The third kappa shape index (κ3) is 1.88. The number of rotatable bonds is 1. The van der Waals surface area contributed by atoms with Crippen molar-refractivity contribution in [1.82, 2.24) is 0 Å². The molecule has 0 fully saturated rings. The lowest BCUT2D eigenvalue weighted by Crippen LogP contribution is -1.79. The monoisotopic (exact) mass is 338 g/mol. The fourth-order valence-electron chi connectivity index (χ4n) is 2.59. The van der Waals surface area contributed by atoms with Crippen LogP contribution in [0.3, 0.4) is 0 Å². The smallest absolute Gasteiger partial charge is 0.0367 e. The van der Waals surface area contributed by atoms with Crippen LogP contribution in [0.4, 0.5) is 0 Å². The molecule has 0 spiro atoms. The van der Waals surface area contributed by atoms with Crippen LogP contribution in [0.1, 0.15) is 0 Å². The van der Waals surface area contributed by atoms with Crippen molar-refractivity contribution in [2.24, 2.45) is 0 Å². The minimum atomic E-state index is 1.16. The van der Waals surface area contributed by atoms with Crippen LogP contribution < -0.4 is 0 Å². The Morgan fingerprint density at radius 1 is 0.700 bits per heavy atom. The highest BCUT2D eigenvalue weighted by atomic mass is 79.9. The molecule has 0 N–H and O–H groups in total. The van der Waals surface area contributed by atoms with Gasteiger partial charge in [0.05, 0.1) is 0 Å². The second kappa shape index (κ2) is 4.72. The van der Waals surface area contributed by atoms with E-state index >= 15 is 0 Å². The first kappa shape index (κ1) is 12.1. The Balaban J connectivity index is 2.08. The van der Waals surface area contributed by atoms with E-state index in [0.29, 0.717) is 0 Å². The predicted molar refractivity (Wildman–Crippen MR) is 92.5 cm³/mol. The van der Waals surface area contributed by atoms with E-state index in [0.717, 1.165) is 4.47 Å². The van der Waals surface area contributed by atoms with Gasteiger partial charge in [0.2, 0.25) is 0 Å². The fourth-order valence-corrected chi connectivity index (χ4v) is 4.44. The van der Waals surface area contributed by atoms with Crippen LogP contribution in [0.2, 0.25) is 0 Å². The molecule has 4 aromatic rings. The average Bonchev–Trinajstić information content (AvgIpc) is 2.84. The molecule has 0 amide bonds. The quantitative estimate of drug-likeness (QED) is 0.372. The zero-order valence-electron chi connectivity index (χ0n) is 10.6. The first-order valence-corrected chi connectivity index (χ1v) is 8.10. The third-order valence-corrected chi connectivity index (χ3v) is 5.34. The van der Waals surface area contributed by atoms with Gasteiger partial charge in [0.25, 0.3) is 0 Å². The minimum Gasteiger partial charge on any atom is -0.135 e. The molecule has 3 aromatic carbocycles. The maximum Gasteiger partial charge on any atom is 0.0367 e. The predicted octanol–water partition coefficient (Wildman–Crippen LogP) is 6.48. The molecule has 0 saturated carbocycles. The highest BCUT2D eigenvalue weighted by molar-refractivity contribution is 9.10. The number of thiophene rings is 1. The molecule has 0 unspecified atom stereocenters. The number of hydrogen-bond donors (Lipinski definition) is 0. The largest absolute Gasteiger partial charge is 0.135 e. The molecule has 0 atom stereocenters. The Bertz CT molecular complexity index is 907. The zero-order chi connectivity index (χ0) is 13.5. The van der Waals surface area contributed by atoms with Crippen molar-refractivity contribution in [2.45, 2.75) is 0 Å². The number of benzene rings is 3. The lowest BCUT2D eigenvalue weighted by atomic mass is 10.0. The number of hydrogen-bond acceptors (Lipinski definition) is 1. The van der Waals surface area contributed by atoms with Crippen molar-refractivity contribution >= 4 is 47.4 Å². The van der Waals surface area contributed by atoms with E-state index in [1.54, 1.807) is 0 Å². The van der Waals surface area contributed by atoms with Gasteiger partial charge in [-0.2, -0.15) is 0 Å². The van der Waals surface area contributed by atoms with Gasteiger partial charge in [-0.3, -0.25) is 0 Å². The second-order valence-corrected chi connectivity index (χ2v) is 6.73. The van der Waals surface area contributed by atoms with E-state index in [9.17, 15) is 0 Å². The summed E-state index contributed by atoms with van der Waals surface area (Å²) in [5.74, 6) is 0. The highest BCUT2D eigenvalue weighted by Gasteiger charge is 2.09. The molecule has 0 aliphatic carbocycles. The molecule has 0 saturated heterocycles. The summed E-state index contributed by atoms with van der Waals surface area (Å²) < 4.78 is 3.83. The van der Waals surface area contributed by atoms with Gasteiger partial charge >= 0.3 is 0 Å². The SMILES string of the molecule is Brc1cc2sc3ccccc3c2cc1-c1ccccc1. The van der Waals surface area contributed by atoms with Crippen LogP contribution >= 0.6 is 27.3 Å². The molecule has 1 heterocycles. The van der Waals surface area contributed by atoms with Gasteiger partial charge in [-0.25, -0.2) is 0 Å². The second-order valence-electron chi connectivity index (χ2n) is 4.79. The van der Waals surface area contributed by atoms with Gasteiger partial charge in [-0.15, -0.1) is 11.3 Å². The summed E-state index contributed by atoms with van der Waals surface area (Å²) in [7, 11) is 0. The molecule has 20 heavy (non-hydrogen) atoms. The molecule has 1 aromatic heterocycles. The minimum absolute atomic E-state index is 1.16. The molecule has 0 radical (unpaired) electrons. The third-order valence-electron chi connectivity index (χ3n) is 3.55. The summed E-state index contributed by atoms with van der Waals surface area (Å²) in [5.41, 5.74) is 2.50. The van der Waals surface area contributed by atoms with E-state index < -0.39 is 0 Å². The Morgan fingerprint density at radius 2 is 1.45 bits per heavy atom. The molecule has 0 bridgehead atoms. The topological polar surface area (TPSA) is 0 Å². The van der Waals surface area contributed by atoms with Crippen molar-refractivity contribution < 1.29 is 0 Å². The Labute approximate surface area is 129 Å². The summed E-state index contributed by atoms with van der Waals surface area (Å²) in [6.07, 6.45) is 0. The molecular weight excluding hydrogens is 328 g/mol. The van der Waals surface area contributed by atoms with Crippen molar-refractivity contribution in [3.8, 4) is 11.1 Å². The van der Waals surface area contributed by atoms with E-state index in [1.165, 1.54) is 31.3 Å². The maximum absolute atomic E-state index is 3.72. The lowest BCUT2D eigenvalue weighted by Gasteiger charge is -2.05.